The molecule has 0 fully saturated rings. The van der Waals surface area contributed by atoms with Crippen LogP contribution in [0.1, 0.15) is 38.8 Å². The van der Waals surface area contributed by atoms with Crippen LogP contribution in [0.5, 0.6) is 5.75 Å². The maximum atomic E-state index is 5.93. The second-order valence-corrected chi connectivity index (χ2v) is 6.16. The number of guanidine groups is 1. The number of hydrogen-bond acceptors (Lipinski definition) is 3. The number of aliphatic imine (C=N–C) groups is 1. The Balaban J connectivity index is 0.00000576. The number of rotatable bonds is 9. The predicted octanol–water partition coefficient (Wildman–Crippen LogP) is 3.41. The van der Waals surface area contributed by atoms with E-state index in [1.165, 1.54) is 5.56 Å². The first-order valence-electron chi connectivity index (χ1n) is 8.93. The van der Waals surface area contributed by atoms with Crippen LogP contribution in [-0.4, -0.2) is 50.2 Å². The Kier molecular flexibility index (Phi) is 12.7. The van der Waals surface area contributed by atoms with Crippen molar-refractivity contribution in [2.75, 3.05) is 33.2 Å². The molecule has 0 spiro atoms. The molecule has 2 N–H and O–H groups in total. The van der Waals surface area contributed by atoms with Crippen molar-refractivity contribution < 1.29 is 4.74 Å². The molecule has 144 valence electrons. The highest BCUT2D eigenvalue weighted by atomic mass is 127. The average molecular weight is 462 g/mol. The van der Waals surface area contributed by atoms with Gasteiger partial charge >= 0.3 is 0 Å². The minimum absolute atomic E-state index is 0. The van der Waals surface area contributed by atoms with Crippen molar-refractivity contribution in [3.05, 3.63) is 29.3 Å². The number of likely N-dealkylation sites (N-methyl/N-ethyl adjacent to an activating group) is 1. The van der Waals surface area contributed by atoms with Gasteiger partial charge in [0.15, 0.2) is 5.96 Å². The monoisotopic (exact) mass is 462 g/mol. The summed E-state index contributed by atoms with van der Waals surface area (Å²) in [5, 5.41) is 6.74. The third-order valence-corrected chi connectivity index (χ3v) is 3.87. The zero-order chi connectivity index (χ0) is 17.9. The highest BCUT2D eigenvalue weighted by Crippen LogP contribution is 2.21. The first kappa shape index (κ1) is 24.0. The largest absolute Gasteiger partial charge is 0.491 e. The summed E-state index contributed by atoms with van der Waals surface area (Å²) in [4.78, 5) is 6.68. The van der Waals surface area contributed by atoms with Crippen LogP contribution in [0.2, 0.25) is 0 Å². The molecule has 0 bridgehead atoms. The molecule has 0 unspecified atom stereocenters. The van der Waals surface area contributed by atoms with Gasteiger partial charge in [0.25, 0.3) is 0 Å². The van der Waals surface area contributed by atoms with E-state index < -0.39 is 0 Å². The molecule has 0 atom stereocenters. The lowest BCUT2D eigenvalue weighted by molar-refractivity contribution is 0.239. The molecule has 0 saturated carbocycles. The van der Waals surface area contributed by atoms with Gasteiger partial charge in [-0.25, -0.2) is 0 Å². The Labute approximate surface area is 170 Å². The summed E-state index contributed by atoms with van der Waals surface area (Å²) < 4.78 is 5.93. The molecule has 1 rings (SSSR count). The number of halogens is 1. The molecular weight excluding hydrogens is 427 g/mol. The summed E-state index contributed by atoms with van der Waals surface area (Å²) in [5.41, 5.74) is 2.34. The van der Waals surface area contributed by atoms with Crippen molar-refractivity contribution in [1.29, 1.82) is 0 Å². The summed E-state index contributed by atoms with van der Waals surface area (Å²) in [6, 6.07) is 6.32. The Morgan fingerprint density at radius 2 is 1.88 bits per heavy atom. The van der Waals surface area contributed by atoms with Crippen molar-refractivity contribution in [3.8, 4) is 5.75 Å². The molecule has 0 aliphatic carbocycles. The van der Waals surface area contributed by atoms with Gasteiger partial charge in [0, 0.05) is 32.2 Å². The van der Waals surface area contributed by atoms with Crippen LogP contribution in [0, 0.1) is 6.92 Å². The number of nitrogens with one attached hydrogen (secondary N) is 2. The fourth-order valence-corrected chi connectivity index (χ4v) is 2.44. The van der Waals surface area contributed by atoms with Crippen molar-refractivity contribution in [2.45, 2.75) is 47.3 Å². The van der Waals surface area contributed by atoms with Gasteiger partial charge in [-0.1, -0.05) is 26.0 Å². The second-order valence-electron chi connectivity index (χ2n) is 6.16. The number of ether oxygens (including phenoxy) is 1. The number of benzene rings is 1. The molecular formula is C19H35IN4O. The average Bonchev–Trinajstić information content (AvgIpc) is 2.55. The van der Waals surface area contributed by atoms with Crippen molar-refractivity contribution in [1.82, 2.24) is 15.5 Å². The van der Waals surface area contributed by atoms with Gasteiger partial charge in [-0.05, 0) is 45.5 Å². The zero-order valence-corrected chi connectivity index (χ0v) is 18.9. The van der Waals surface area contributed by atoms with Gasteiger partial charge in [-0.2, -0.15) is 0 Å². The van der Waals surface area contributed by atoms with E-state index in [-0.39, 0.29) is 30.1 Å². The summed E-state index contributed by atoms with van der Waals surface area (Å²) >= 11 is 0. The smallest absolute Gasteiger partial charge is 0.191 e. The number of hydrogen-bond donors (Lipinski definition) is 2. The van der Waals surface area contributed by atoms with Gasteiger partial charge < -0.3 is 20.3 Å². The van der Waals surface area contributed by atoms with Crippen LogP contribution in [-0.2, 0) is 6.54 Å². The highest BCUT2D eigenvalue weighted by Gasteiger charge is 2.07. The summed E-state index contributed by atoms with van der Waals surface area (Å²) in [5.74, 6) is 1.76. The molecule has 1 aromatic carbocycles. The van der Waals surface area contributed by atoms with Crippen molar-refractivity contribution in [3.63, 3.8) is 0 Å². The van der Waals surface area contributed by atoms with E-state index in [1.54, 1.807) is 7.05 Å². The maximum Gasteiger partial charge on any atom is 0.191 e. The van der Waals surface area contributed by atoms with Gasteiger partial charge in [-0.3, -0.25) is 4.99 Å². The molecule has 0 aromatic heterocycles. The van der Waals surface area contributed by atoms with Gasteiger partial charge in [0.05, 0.1) is 6.10 Å². The molecule has 1 aromatic rings. The van der Waals surface area contributed by atoms with Crippen LogP contribution in [0.25, 0.3) is 0 Å². The van der Waals surface area contributed by atoms with Crippen molar-refractivity contribution in [2.24, 2.45) is 4.99 Å². The van der Waals surface area contributed by atoms with Crippen LogP contribution in [0.15, 0.2) is 23.2 Å². The van der Waals surface area contributed by atoms with Crippen LogP contribution < -0.4 is 15.4 Å². The van der Waals surface area contributed by atoms with Crippen LogP contribution in [0.3, 0.4) is 0 Å². The van der Waals surface area contributed by atoms with E-state index in [2.05, 4.69) is 59.5 Å². The van der Waals surface area contributed by atoms with Gasteiger partial charge in [-0.15, -0.1) is 24.0 Å². The lowest BCUT2D eigenvalue weighted by Gasteiger charge is -2.20. The Hall–Kier alpha value is -1.02. The fourth-order valence-electron chi connectivity index (χ4n) is 2.44. The maximum absolute atomic E-state index is 5.93. The quantitative estimate of drug-likeness (QED) is 0.336. The first-order valence-corrected chi connectivity index (χ1v) is 8.93. The molecule has 25 heavy (non-hydrogen) atoms. The first-order chi connectivity index (χ1) is 11.5. The van der Waals surface area contributed by atoms with Crippen LogP contribution in [0.4, 0.5) is 0 Å². The molecule has 5 nitrogen and oxygen atoms in total. The SMILES string of the molecule is CCN(CC)CCNC(=NC)NCc1ccc(C)cc1OC(C)C.I. The Morgan fingerprint density at radius 1 is 1.20 bits per heavy atom. The highest BCUT2D eigenvalue weighted by molar-refractivity contribution is 14.0. The lowest BCUT2D eigenvalue weighted by atomic mass is 10.1. The summed E-state index contributed by atoms with van der Waals surface area (Å²) in [7, 11) is 1.80. The summed E-state index contributed by atoms with van der Waals surface area (Å²) in [6.45, 7) is 15.3. The van der Waals surface area contributed by atoms with Gasteiger partial charge in [0.1, 0.15) is 5.75 Å². The van der Waals surface area contributed by atoms with E-state index >= 15 is 0 Å². The van der Waals surface area contributed by atoms with E-state index in [9.17, 15) is 0 Å². The minimum atomic E-state index is 0. The zero-order valence-electron chi connectivity index (χ0n) is 16.6. The molecule has 6 heteroatoms. The molecule has 0 aliphatic heterocycles. The molecule has 0 amide bonds. The van der Waals surface area contributed by atoms with E-state index in [4.69, 9.17) is 4.74 Å². The lowest BCUT2D eigenvalue weighted by Crippen LogP contribution is -2.41. The predicted molar refractivity (Wildman–Crippen MR) is 118 cm³/mol. The molecule has 0 radical (unpaired) electrons. The third kappa shape index (κ3) is 9.30. The van der Waals surface area contributed by atoms with Gasteiger partial charge in [0.2, 0.25) is 0 Å². The molecule has 0 saturated heterocycles. The second kappa shape index (κ2) is 13.2. The fraction of sp³-hybridized carbons (Fsp3) is 0.632. The normalized spacial score (nSPS) is 11.4. The molecule has 0 heterocycles. The number of aryl methyl sites for hydroxylation is 1. The van der Waals surface area contributed by atoms with E-state index in [1.807, 2.05) is 13.8 Å². The van der Waals surface area contributed by atoms with Crippen molar-refractivity contribution >= 4 is 29.9 Å². The molecule has 0 aliphatic rings. The Bertz CT molecular complexity index is 516. The Morgan fingerprint density at radius 3 is 2.44 bits per heavy atom. The van der Waals surface area contributed by atoms with E-state index in [0.717, 1.165) is 43.5 Å². The number of nitrogens with zero attached hydrogens (tertiary/aromatic N) is 2. The van der Waals surface area contributed by atoms with Crippen LogP contribution >= 0.6 is 24.0 Å². The minimum Gasteiger partial charge on any atom is -0.491 e. The standard InChI is InChI=1S/C19H34N4O.HI/c1-7-23(8-2)12-11-21-19(20-6)22-14-17-10-9-16(5)13-18(17)24-15(3)4;/h9-10,13,15H,7-8,11-12,14H2,1-6H3,(H2,20,21,22);1H. The van der Waals surface area contributed by atoms with E-state index in [0.29, 0.717) is 6.54 Å². The topological polar surface area (TPSA) is 48.9 Å². The third-order valence-electron chi connectivity index (χ3n) is 3.87. The summed E-state index contributed by atoms with van der Waals surface area (Å²) in [6.07, 6.45) is 0.164.